The van der Waals surface area contributed by atoms with Crippen molar-refractivity contribution in [2.24, 2.45) is 5.92 Å². The number of nitrogens with one attached hydrogen (secondary N) is 3. The number of fused-ring (bicyclic) bond motifs is 1. The van der Waals surface area contributed by atoms with E-state index < -0.39 is 11.9 Å². The molecule has 3 aromatic rings. The monoisotopic (exact) mass is 493 g/mol. The van der Waals surface area contributed by atoms with Gasteiger partial charge in [-0.1, -0.05) is 62.4 Å². The second kappa shape index (κ2) is 12.0. The van der Waals surface area contributed by atoms with Gasteiger partial charge in [-0.25, -0.2) is 5.48 Å². The third-order valence-electron chi connectivity index (χ3n) is 6.55. The van der Waals surface area contributed by atoms with E-state index in [1.54, 1.807) is 23.7 Å². The Kier molecular flexibility index (Phi) is 8.50. The first-order chi connectivity index (χ1) is 17.0. The van der Waals surface area contributed by atoms with Gasteiger partial charge >= 0.3 is 0 Å². The first-order valence-corrected chi connectivity index (χ1v) is 13.0. The fourth-order valence-electron chi connectivity index (χ4n) is 4.65. The second-order valence-corrected chi connectivity index (χ2v) is 10.2. The quantitative estimate of drug-likeness (QED) is 0.247. The highest BCUT2D eigenvalue weighted by Crippen LogP contribution is 2.29. The highest BCUT2D eigenvalue weighted by Gasteiger charge is 2.23. The molecule has 1 heterocycles. The Hall–Kier alpha value is -3.23. The maximum absolute atomic E-state index is 13.2. The van der Waals surface area contributed by atoms with E-state index in [0.29, 0.717) is 29.3 Å². The maximum atomic E-state index is 13.2. The predicted octanol–water partition coefficient (Wildman–Crippen LogP) is 5.05. The summed E-state index contributed by atoms with van der Waals surface area (Å²) in [4.78, 5) is 38.1. The van der Waals surface area contributed by atoms with E-state index in [2.05, 4.69) is 10.6 Å². The van der Waals surface area contributed by atoms with Crippen LogP contribution >= 0.6 is 11.3 Å². The van der Waals surface area contributed by atoms with Crippen LogP contribution in [0.4, 0.5) is 5.69 Å². The summed E-state index contributed by atoms with van der Waals surface area (Å²) in [7, 11) is 0. The summed E-state index contributed by atoms with van der Waals surface area (Å²) in [6, 6.07) is 16.0. The standard InChI is InChI=1S/C27H31N3O4S/c31-25(14-11-18-7-3-1-4-8-18)29-22(15-19-9-5-2-6-10-19)26(32)28-21-12-13-23-20(16-21)17-24(35-23)27(33)30-34/h2,5-6,9-10,12-13,16-18,22,34H,1,3-4,7-8,11,14-15H2,(H,28,32)(H,29,31)(H,30,33)/t22-/m0/s1. The van der Waals surface area contributed by atoms with Crippen molar-refractivity contribution < 1.29 is 19.6 Å². The minimum atomic E-state index is -0.704. The van der Waals surface area contributed by atoms with Crippen LogP contribution in [0.15, 0.2) is 54.6 Å². The minimum absolute atomic E-state index is 0.0976. The van der Waals surface area contributed by atoms with E-state index in [0.717, 1.165) is 22.1 Å². The largest absolute Gasteiger partial charge is 0.344 e. The summed E-state index contributed by atoms with van der Waals surface area (Å²) in [5.74, 6) is -0.357. The Morgan fingerprint density at radius 1 is 1.00 bits per heavy atom. The Bertz CT molecular complexity index is 1170. The molecule has 1 fully saturated rings. The third kappa shape index (κ3) is 6.90. The number of hydrogen-bond acceptors (Lipinski definition) is 5. The zero-order valence-electron chi connectivity index (χ0n) is 19.6. The molecule has 0 aliphatic heterocycles. The van der Waals surface area contributed by atoms with Crippen LogP contribution in [0.25, 0.3) is 10.1 Å². The fourth-order valence-corrected chi connectivity index (χ4v) is 5.59. The van der Waals surface area contributed by atoms with Gasteiger partial charge in [-0.3, -0.25) is 19.6 Å². The molecule has 7 nitrogen and oxygen atoms in total. The average Bonchev–Trinajstić information content (AvgIpc) is 3.31. The molecule has 0 unspecified atom stereocenters. The molecular formula is C27H31N3O4S. The molecule has 1 aliphatic rings. The number of benzene rings is 2. The maximum Gasteiger partial charge on any atom is 0.284 e. The van der Waals surface area contributed by atoms with Crippen molar-refractivity contribution in [3.63, 3.8) is 0 Å². The molecular weight excluding hydrogens is 462 g/mol. The zero-order chi connectivity index (χ0) is 24.6. The molecule has 1 saturated carbocycles. The highest BCUT2D eigenvalue weighted by atomic mass is 32.1. The van der Waals surface area contributed by atoms with Crippen molar-refractivity contribution >= 4 is 44.8 Å². The number of carbonyl (C=O) groups excluding carboxylic acids is 3. The molecule has 0 saturated heterocycles. The molecule has 0 spiro atoms. The first kappa shape index (κ1) is 24.9. The molecule has 35 heavy (non-hydrogen) atoms. The van der Waals surface area contributed by atoms with Gasteiger partial charge in [-0.2, -0.15) is 0 Å². The third-order valence-corrected chi connectivity index (χ3v) is 7.66. The summed E-state index contributed by atoms with van der Waals surface area (Å²) in [5.41, 5.74) is 3.18. The Labute approximate surface area is 208 Å². The normalized spacial score (nSPS) is 14.9. The molecule has 0 bridgehead atoms. The summed E-state index contributed by atoms with van der Waals surface area (Å²) in [6.45, 7) is 0. The number of carbonyl (C=O) groups is 3. The van der Waals surface area contributed by atoms with Crippen LogP contribution in [0, 0.1) is 5.92 Å². The van der Waals surface area contributed by atoms with Gasteiger partial charge in [0.05, 0.1) is 4.88 Å². The van der Waals surface area contributed by atoms with Gasteiger partial charge in [-0.15, -0.1) is 11.3 Å². The van der Waals surface area contributed by atoms with E-state index in [1.165, 1.54) is 43.4 Å². The Balaban J connectivity index is 1.44. The molecule has 8 heteroatoms. The molecule has 184 valence electrons. The molecule has 4 N–H and O–H groups in total. The van der Waals surface area contributed by atoms with E-state index in [4.69, 9.17) is 5.21 Å². The lowest BCUT2D eigenvalue weighted by atomic mass is 9.86. The summed E-state index contributed by atoms with van der Waals surface area (Å²) in [5, 5.41) is 15.5. The number of hydrogen-bond donors (Lipinski definition) is 4. The first-order valence-electron chi connectivity index (χ1n) is 12.1. The van der Waals surface area contributed by atoms with Crippen molar-refractivity contribution in [3.05, 3.63) is 65.0 Å². The van der Waals surface area contributed by atoms with Crippen LogP contribution in [-0.2, 0) is 16.0 Å². The molecule has 1 atom stereocenters. The Morgan fingerprint density at radius 3 is 2.51 bits per heavy atom. The van der Waals surface area contributed by atoms with Crippen molar-refractivity contribution in [1.29, 1.82) is 0 Å². The lowest BCUT2D eigenvalue weighted by Gasteiger charge is -2.22. The van der Waals surface area contributed by atoms with E-state index in [-0.39, 0.29) is 11.8 Å². The molecule has 4 rings (SSSR count). The van der Waals surface area contributed by atoms with Crippen LogP contribution in [0.1, 0.15) is 60.2 Å². The molecule has 3 amide bonds. The van der Waals surface area contributed by atoms with E-state index in [9.17, 15) is 14.4 Å². The van der Waals surface area contributed by atoms with Gasteiger partial charge in [0, 0.05) is 23.2 Å². The Morgan fingerprint density at radius 2 is 1.77 bits per heavy atom. The predicted molar refractivity (Wildman–Crippen MR) is 138 cm³/mol. The smallest absolute Gasteiger partial charge is 0.284 e. The number of rotatable bonds is 9. The zero-order valence-corrected chi connectivity index (χ0v) is 20.4. The minimum Gasteiger partial charge on any atom is -0.344 e. The van der Waals surface area contributed by atoms with Gasteiger partial charge in [-0.05, 0) is 47.6 Å². The van der Waals surface area contributed by atoms with Gasteiger partial charge < -0.3 is 10.6 Å². The lowest BCUT2D eigenvalue weighted by molar-refractivity contribution is -0.126. The second-order valence-electron chi connectivity index (χ2n) is 9.15. The summed E-state index contributed by atoms with van der Waals surface area (Å²) >= 11 is 1.25. The van der Waals surface area contributed by atoms with E-state index >= 15 is 0 Å². The van der Waals surface area contributed by atoms with Gasteiger partial charge in [0.1, 0.15) is 6.04 Å². The molecule has 1 aliphatic carbocycles. The topological polar surface area (TPSA) is 108 Å². The molecule has 0 radical (unpaired) electrons. The van der Waals surface area contributed by atoms with Gasteiger partial charge in [0.2, 0.25) is 11.8 Å². The number of anilines is 1. The molecule has 2 aromatic carbocycles. The van der Waals surface area contributed by atoms with Crippen molar-refractivity contribution in [1.82, 2.24) is 10.8 Å². The number of thiophene rings is 1. The van der Waals surface area contributed by atoms with Crippen LogP contribution in [0.3, 0.4) is 0 Å². The highest BCUT2D eigenvalue weighted by molar-refractivity contribution is 7.20. The molecule has 1 aromatic heterocycles. The number of hydroxylamine groups is 1. The van der Waals surface area contributed by atoms with E-state index in [1.807, 2.05) is 36.4 Å². The lowest BCUT2D eigenvalue weighted by Crippen LogP contribution is -2.45. The van der Waals surface area contributed by atoms with Crippen LogP contribution in [-0.4, -0.2) is 29.0 Å². The summed E-state index contributed by atoms with van der Waals surface area (Å²) in [6.07, 6.45) is 7.84. The van der Waals surface area contributed by atoms with Crippen molar-refractivity contribution in [2.45, 2.75) is 57.4 Å². The van der Waals surface area contributed by atoms with Crippen molar-refractivity contribution in [3.8, 4) is 0 Å². The summed E-state index contributed by atoms with van der Waals surface area (Å²) < 4.78 is 0.860. The van der Waals surface area contributed by atoms with Gasteiger partial charge in [0.15, 0.2) is 0 Å². The van der Waals surface area contributed by atoms with Crippen LogP contribution in [0.2, 0.25) is 0 Å². The van der Waals surface area contributed by atoms with Crippen LogP contribution < -0.4 is 16.1 Å². The SMILES string of the molecule is O=C(CCC1CCCCC1)N[C@@H](Cc1ccccc1)C(=O)Nc1ccc2sc(C(=O)NO)cc2c1. The average molecular weight is 494 g/mol. The van der Waals surface area contributed by atoms with Gasteiger partial charge in [0.25, 0.3) is 5.91 Å². The fraction of sp³-hybridized carbons (Fsp3) is 0.370. The van der Waals surface area contributed by atoms with Crippen LogP contribution in [0.5, 0.6) is 0 Å². The number of amides is 3. The van der Waals surface area contributed by atoms with Crippen molar-refractivity contribution in [2.75, 3.05) is 5.32 Å².